The minimum absolute atomic E-state index is 0.892. The van der Waals surface area contributed by atoms with Crippen molar-refractivity contribution in [2.45, 2.75) is 104 Å². The molecule has 0 radical (unpaired) electrons. The van der Waals surface area contributed by atoms with Gasteiger partial charge in [-0.3, -0.25) is 0 Å². The van der Waals surface area contributed by atoms with Crippen molar-refractivity contribution < 1.29 is 0 Å². The minimum Gasteiger partial charge on any atom is -0.0942 e. The van der Waals surface area contributed by atoms with E-state index in [2.05, 4.69) is 49.3 Å². The SMILES string of the molecule is CCCCCCC(CCCCCC)[C@H](CC)SSCC. The van der Waals surface area contributed by atoms with Gasteiger partial charge in [-0.05, 0) is 25.2 Å². The first-order chi connectivity index (χ1) is 9.79. The van der Waals surface area contributed by atoms with Crippen LogP contribution in [0.2, 0.25) is 0 Å². The Morgan fingerprint density at radius 3 is 1.65 bits per heavy atom. The van der Waals surface area contributed by atoms with Crippen LogP contribution in [0.1, 0.15) is 98.3 Å². The maximum atomic E-state index is 2.39. The zero-order valence-electron chi connectivity index (χ0n) is 14.5. The van der Waals surface area contributed by atoms with Crippen LogP contribution in [0.4, 0.5) is 0 Å². The highest BCUT2D eigenvalue weighted by atomic mass is 33.1. The molecule has 0 saturated carbocycles. The van der Waals surface area contributed by atoms with Crippen molar-refractivity contribution in [2.75, 3.05) is 5.75 Å². The second kappa shape index (κ2) is 16.1. The number of unbranched alkanes of at least 4 members (excludes halogenated alkanes) is 6. The summed E-state index contributed by atoms with van der Waals surface area (Å²) in [6.45, 7) is 9.29. The molecular weight excluding hydrogens is 280 g/mol. The Kier molecular flexibility index (Phi) is 16.6. The topological polar surface area (TPSA) is 0 Å². The van der Waals surface area contributed by atoms with E-state index in [1.807, 2.05) is 0 Å². The molecular formula is C18H38S2. The Labute approximate surface area is 137 Å². The van der Waals surface area contributed by atoms with Gasteiger partial charge in [0.05, 0.1) is 0 Å². The highest BCUT2D eigenvalue weighted by Gasteiger charge is 2.20. The third-order valence-corrected chi connectivity index (χ3v) is 7.29. The summed E-state index contributed by atoms with van der Waals surface area (Å²) in [5.41, 5.74) is 0. The monoisotopic (exact) mass is 318 g/mol. The maximum absolute atomic E-state index is 2.39. The fourth-order valence-electron chi connectivity index (χ4n) is 2.82. The molecule has 0 aromatic rings. The Bertz CT molecular complexity index is 170. The fourth-order valence-corrected chi connectivity index (χ4v) is 5.51. The highest BCUT2D eigenvalue weighted by molar-refractivity contribution is 8.76. The molecule has 0 fully saturated rings. The minimum atomic E-state index is 0.892. The van der Waals surface area contributed by atoms with E-state index in [0.717, 1.165) is 11.2 Å². The van der Waals surface area contributed by atoms with Crippen LogP contribution in [-0.2, 0) is 0 Å². The van der Waals surface area contributed by atoms with Crippen LogP contribution < -0.4 is 0 Å². The molecule has 0 heterocycles. The molecule has 122 valence electrons. The zero-order chi connectivity index (χ0) is 15.1. The van der Waals surface area contributed by atoms with Crippen molar-refractivity contribution in [3.63, 3.8) is 0 Å². The van der Waals surface area contributed by atoms with Gasteiger partial charge in [-0.2, -0.15) is 0 Å². The zero-order valence-corrected chi connectivity index (χ0v) is 16.1. The van der Waals surface area contributed by atoms with Crippen LogP contribution in [0.25, 0.3) is 0 Å². The molecule has 0 aromatic carbocycles. The van der Waals surface area contributed by atoms with Crippen LogP contribution in [-0.4, -0.2) is 11.0 Å². The summed E-state index contributed by atoms with van der Waals surface area (Å²) in [4.78, 5) is 0. The summed E-state index contributed by atoms with van der Waals surface area (Å²) in [5.74, 6) is 2.22. The lowest BCUT2D eigenvalue weighted by Crippen LogP contribution is -2.16. The predicted octanol–water partition coefficient (Wildman–Crippen LogP) is 7.72. The Morgan fingerprint density at radius 1 is 0.700 bits per heavy atom. The fraction of sp³-hybridized carbons (Fsp3) is 1.00. The molecule has 0 nitrogen and oxygen atoms in total. The van der Waals surface area contributed by atoms with Crippen molar-refractivity contribution in [1.29, 1.82) is 0 Å². The maximum Gasteiger partial charge on any atom is 0.0177 e. The third-order valence-electron chi connectivity index (χ3n) is 4.09. The van der Waals surface area contributed by atoms with Gasteiger partial charge in [0.1, 0.15) is 0 Å². The van der Waals surface area contributed by atoms with Crippen LogP contribution in [0.15, 0.2) is 0 Å². The molecule has 0 rings (SSSR count). The van der Waals surface area contributed by atoms with Gasteiger partial charge in [-0.1, -0.05) is 101 Å². The standard InChI is InChI=1S/C18H38S2/c1-5-9-11-13-15-17(16-14-12-10-6-2)18(7-3)20-19-8-4/h17-18H,5-16H2,1-4H3/t18-/m0/s1. The van der Waals surface area contributed by atoms with Gasteiger partial charge in [0, 0.05) is 11.0 Å². The van der Waals surface area contributed by atoms with E-state index in [9.17, 15) is 0 Å². The summed E-state index contributed by atoms with van der Waals surface area (Å²) >= 11 is 0. The summed E-state index contributed by atoms with van der Waals surface area (Å²) in [6, 6.07) is 0. The molecule has 0 bridgehead atoms. The molecule has 0 saturated heterocycles. The average Bonchev–Trinajstić information content (AvgIpc) is 2.47. The smallest absolute Gasteiger partial charge is 0.0177 e. The lowest BCUT2D eigenvalue weighted by molar-refractivity contribution is 0.390. The van der Waals surface area contributed by atoms with E-state index in [-0.39, 0.29) is 0 Å². The van der Waals surface area contributed by atoms with Gasteiger partial charge in [-0.25, -0.2) is 0 Å². The summed E-state index contributed by atoms with van der Waals surface area (Å²) in [5, 5.41) is 0.892. The molecule has 20 heavy (non-hydrogen) atoms. The largest absolute Gasteiger partial charge is 0.0942 e. The van der Waals surface area contributed by atoms with Gasteiger partial charge in [0.15, 0.2) is 0 Å². The first-order valence-electron chi connectivity index (χ1n) is 9.08. The highest BCUT2D eigenvalue weighted by Crippen LogP contribution is 2.37. The molecule has 0 aromatic heterocycles. The number of hydrogen-bond acceptors (Lipinski definition) is 2. The van der Waals surface area contributed by atoms with E-state index in [4.69, 9.17) is 0 Å². The van der Waals surface area contributed by atoms with Crippen molar-refractivity contribution in [2.24, 2.45) is 5.92 Å². The molecule has 0 aliphatic heterocycles. The van der Waals surface area contributed by atoms with E-state index < -0.39 is 0 Å². The quantitative estimate of drug-likeness (QED) is 0.224. The van der Waals surface area contributed by atoms with Crippen molar-refractivity contribution in [1.82, 2.24) is 0 Å². The van der Waals surface area contributed by atoms with Crippen LogP contribution in [0.3, 0.4) is 0 Å². The van der Waals surface area contributed by atoms with Crippen LogP contribution >= 0.6 is 21.6 Å². The van der Waals surface area contributed by atoms with E-state index in [1.54, 1.807) is 0 Å². The van der Waals surface area contributed by atoms with Gasteiger partial charge >= 0.3 is 0 Å². The Morgan fingerprint density at radius 2 is 1.25 bits per heavy atom. The summed E-state index contributed by atoms with van der Waals surface area (Å²) < 4.78 is 0. The van der Waals surface area contributed by atoms with Crippen molar-refractivity contribution in [3.05, 3.63) is 0 Å². The van der Waals surface area contributed by atoms with E-state index >= 15 is 0 Å². The third kappa shape index (κ3) is 11.4. The second-order valence-corrected chi connectivity index (χ2v) is 8.80. The first-order valence-corrected chi connectivity index (χ1v) is 11.5. The molecule has 0 N–H and O–H groups in total. The summed E-state index contributed by atoms with van der Waals surface area (Å²) in [6.07, 6.45) is 15.7. The van der Waals surface area contributed by atoms with Gasteiger partial charge in [-0.15, -0.1) is 0 Å². The average molecular weight is 319 g/mol. The predicted molar refractivity (Wildman–Crippen MR) is 101 cm³/mol. The van der Waals surface area contributed by atoms with Gasteiger partial charge in [0.2, 0.25) is 0 Å². The lowest BCUT2D eigenvalue weighted by Gasteiger charge is -2.25. The lowest BCUT2D eigenvalue weighted by atomic mass is 9.90. The normalized spacial score (nSPS) is 13.1. The van der Waals surface area contributed by atoms with E-state index in [0.29, 0.717) is 0 Å². The Hall–Kier alpha value is 0.700. The van der Waals surface area contributed by atoms with Gasteiger partial charge in [0.25, 0.3) is 0 Å². The second-order valence-electron chi connectivity index (χ2n) is 5.91. The molecule has 0 aliphatic carbocycles. The van der Waals surface area contributed by atoms with Crippen molar-refractivity contribution in [3.8, 4) is 0 Å². The molecule has 0 unspecified atom stereocenters. The number of hydrogen-bond donors (Lipinski definition) is 0. The van der Waals surface area contributed by atoms with Gasteiger partial charge < -0.3 is 0 Å². The Balaban J connectivity index is 4.11. The summed E-state index contributed by atoms with van der Waals surface area (Å²) in [7, 11) is 4.25. The number of rotatable bonds is 15. The molecule has 0 aliphatic rings. The molecule has 1 atom stereocenters. The molecule has 2 heteroatoms. The van der Waals surface area contributed by atoms with E-state index in [1.165, 1.54) is 76.4 Å². The molecule has 0 spiro atoms. The van der Waals surface area contributed by atoms with Crippen LogP contribution in [0.5, 0.6) is 0 Å². The van der Waals surface area contributed by atoms with Crippen LogP contribution in [0, 0.1) is 5.92 Å². The first kappa shape index (κ1) is 20.7. The molecule has 0 amide bonds. The van der Waals surface area contributed by atoms with Crippen molar-refractivity contribution >= 4 is 21.6 Å².